The summed E-state index contributed by atoms with van der Waals surface area (Å²) in [6.07, 6.45) is 0. The Bertz CT molecular complexity index is 297. The van der Waals surface area contributed by atoms with Gasteiger partial charge in [0.05, 0.1) is 0 Å². The number of nitrogens with zero attached hydrogens (tertiary/aromatic N) is 1. The first-order chi connectivity index (χ1) is 6.09. The Morgan fingerprint density at radius 2 is 2.00 bits per heavy atom. The van der Waals surface area contributed by atoms with Crippen LogP contribution < -0.4 is 5.73 Å². The summed E-state index contributed by atoms with van der Waals surface area (Å²) >= 11 is 8.21. The van der Waals surface area contributed by atoms with Gasteiger partial charge in [0.2, 0.25) is 0 Å². The fraction of sp³-hybridized carbons (Fsp3) is 0.222. The Balaban J connectivity index is 2.64. The Kier molecular flexibility index (Phi) is 3.69. The second-order valence-electron chi connectivity index (χ2n) is 2.82. The van der Waals surface area contributed by atoms with E-state index in [9.17, 15) is 0 Å². The molecular weight excluding hydrogens is 248 g/mol. The zero-order chi connectivity index (χ0) is 9.84. The molecule has 0 aliphatic heterocycles. The van der Waals surface area contributed by atoms with Crippen molar-refractivity contribution in [3.05, 3.63) is 34.3 Å². The van der Waals surface area contributed by atoms with Crippen molar-refractivity contribution in [3.8, 4) is 0 Å². The van der Waals surface area contributed by atoms with Gasteiger partial charge in [0.15, 0.2) is 5.11 Å². The van der Waals surface area contributed by atoms with Crippen molar-refractivity contribution in [3.63, 3.8) is 0 Å². The average molecular weight is 259 g/mol. The molecule has 0 heterocycles. The third kappa shape index (κ3) is 3.32. The number of nitrogens with two attached hydrogens (primary N) is 1. The molecule has 0 saturated heterocycles. The first kappa shape index (κ1) is 10.5. The van der Waals surface area contributed by atoms with Crippen molar-refractivity contribution in [2.75, 3.05) is 7.05 Å². The average Bonchev–Trinajstić information content (AvgIpc) is 2.08. The van der Waals surface area contributed by atoms with E-state index in [1.54, 1.807) is 0 Å². The van der Waals surface area contributed by atoms with Gasteiger partial charge < -0.3 is 10.6 Å². The van der Waals surface area contributed by atoms with Gasteiger partial charge in [-0.25, -0.2) is 0 Å². The summed E-state index contributed by atoms with van der Waals surface area (Å²) in [6, 6.07) is 8.09. The first-order valence-corrected chi connectivity index (χ1v) is 5.04. The molecule has 0 bridgehead atoms. The minimum atomic E-state index is 0.419. The molecule has 0 atom stereocenters. The summed E-state index contributed by atoms with van der Waals surface area (Å²) in [5.41, 5.74) is 6.65. The number of hydrogen-bond donors (Lipinski definition) is 1. The fourth-order valence-electron chi connectivity index (χ4n) is 0.942. The Morgan fingerprint density at radius 1 is 1.46 bits per heavy atom. The number of benzene rings is 1. The summed E-state index contributed by atoms with van der Waals surface area (Å²) in [5, 5.41) is 0.419. The molecule has 1 aromatic carbocycles. The van der Waals surface area contributed by atoms with Crippen LogP contribution >= 0.6 is 28.1 Å². The minimum absolute atomic E-state index is 0.419. The van der Waals surface area contributed by atoms with Crippen LogP contribution in [0, 0.1) is 0 Å². The van der Waals surface area contributed by atoms with E-state index in [0.717, 1.165) is 11.0 Å². The van der Waals surface area contributed by atoms with Crippen molar-refractivity contribution in [1.82, 2.24) is 4.90 Å². The molecule has 0 spiro atoms. The molecule has 0 radical (unpaired) electrons. The summed E-state index contributed by atoms with van der Waals surface area (Å²) in [4.78, 5) is 1.83. The summed E-state index contributed by atoms with van der Waals surface area (Å²) in [7, 11) is 1.88. The van der Waals surface area contributed by atoms with Gasteiger partial charge in [0.25, 0.3) is 0 Å². The summed E-state index contributed by atoms with van der Waals surface area (Å²) in [6.45, 7) is 0.753. The minimum Gasteiger partial charge on any atom is -0.376 e. The molecule has 1 rings (SSSR count). The molecule has 0 fully saturated rings. The van der Waals surface area contributed by atoms with Gasteiger partial charge >= 0.3 is 0 Å². The van der Waals surface area contributed by atoms with Gasteiger partial charge in [0, 0.05) is 18.1 Å². The lowest BCUT2D eigenvalue weighted by Crippen LogP contribution is -2.31. The van der Waals surface area contributed by atoms with Crippen LogP contribution in [-0.2, 0) is 6.54 Å². The van der Waals surface area contributed by atoms with Gasteiger partial charge in [-0.3, -0.25) is 0 Å². The van der Waals surface area contributed by atoms with Crippen molar-refractivity contribution >= 4 is 33.3 Å². The molecule has 70 valence electrons. The van der Waals surface area contributed by atoms with Crippen LogP contribution in [0.4, 0.5) is 0 Å². The van der Waals surface area contributed by atoms with Gasteiger partial charge in [0.1, 0.15) is 0 Å². The molecule has 0 saturated carbocycles. The monoisotopic (exact) mass is 258 g/mol. The van der Waals surface area contributed by atoms with E-state index >= 15 is 0 Å². The SMILES string of the molecule is CN(Cc1ccc(Br)cc1)C(N)=S. The van der Waals surface area contributed by atoms with E-state index in [4.69, 9.17) is 18.0 Å². The molecule has 0 amide bonds. The third-order valence-corrected chi connectivity index (χ3v) is 2.55. The van der Waals surface area contributed by atoms with Gasteiger partial charge in [-0.05, 0) is 29.9 Å². The Hall–Kier alpha value is -0.610. The quantitative estimate of drug-likeness (QED) is 0.825. The van der Waals surface area contributed by atoms with Crippen LogP contribution in [0.15, 0.2) is 28.7 Å². The molecule has 1 aromatic rings. The van der Waals surface area contributed by atoms with E-state index < -0.39 is 0 Å². The molecular formula is C9H11BrN2S. The Morgan fingerprint density at radius 3 is 2.46 bits per heavy atom. The van der Waals surface area contributed by atoms with Crippen LogP contribution in [0.1, 0.15) is 5.56 Å². The molecule has 0 aliphatic rings. The topological polar surface area (TPSA) is 29.3 Å². The van der Waals surface area contributed by atoms with E-state index in [-0.39, 0.29) is 0 Å². The first-order valence-electron chi connectivity index (χ1n) is 3.84. The molecule has 2 N–H and O–H groups in total. The molecule has 4 heteroatoms. The second kappa shape index (κ2) is 4.58. The third-order valence-electron chi connectivity index (χ3n) is 1.71. The molecule has 13 heavy (non-hydrogen) atoms. The van der Waals surface area contributed by atoms with Gasteiger partial charge in [-0.1, -0.05) is 28.1 Å². The van der Waals surface area contributed by atoms with Crippen molar-refractivity contribution in [2.45, 2.75) is 6.54 Å². The van der Waals surface area contributed by atoms with Gasteiger partial charge in [-0.2, -0.15) is 0 Å². The maximum absolute atomic E-state index is 5.46. The number of thiocarbonyl (C=S) groups is 1. The maximum atomic E-state index is 5.46. The van der Waals surface area contributed by atoms with Crippen molar-refractivity contribution in [1.29, 1.82) is 0 Å². The second-order valence-corrected chi connectivity index (χ2v) is 4.15. The standard InChI is InChI=1S/C9H11BrN2S/c1-12(9(11)13)6-7-2-4-8(10)5-3-7/h2-5H,6H2,1H3,(H2,11,13). The predicted molar refractivity (Wildman–Crippen MR) is 62.4 cm³/mol. The smallest absolute Gasteiger partial charge is 0.166 e. The zero-order valence-corrected chi connectivity index (χ0v) is 9.73. The highest BCUT2D eigenvalue weighted by molar-refractivity contribution is 9.10. The predicted octanol–water partition coefficient (Wildman–Crippen LogP) is 2.12. The maximum Gasteiger partial charge on any atom is 0.166 e. The highest BCUT2D eigenvalue weighted by Crippen LogP contribution is 2.11. The van der Waals surface area contributed by atoms with E-state index in [0.29, 0.717) is 5.11 Å². The largest absolute Gasteiger partial charge is 0.376 e. The normalized spacial score (nSPS) is 9.69. The van der Waals surface area contributed by atoms with Crippen LogP contribution in [0.3, 0.4) is 0 Å². The van der Waals surface area contributed by atoms with Crippen molar-refractivity contribution < 1.29 is 0 Å². The van der Waals surface area contributed by atoms with Crippen molar-refractivity contribution in [2.24, 2.45) is 5.73 Å². The molecule has 2 nitrogen and oxygen atoms in total. The molecule has 0 aromatic heterocycles. The van der Waals surface area contributed by atoms with Crippen LogP contribution in [0.25, 0.3) is 0 Å². The highest BCUT2D eigenvalue weighted by atomic mass is 79.9. The number of halogens is 1. The summed E-state index contributed by atoms with van der Waals surface area (Å²) < 4.78 is 1.08. The number of rotatable bonds is 2. The van der Waals surface area contributed by atoms with E-state index in [1.807, 2.05) is 36.2 Å². The van der Waals surface area contributed by atoms with Crippen LogP contribution in [-0.4, -0.2) is 17.1 Å². The lowest BCUT2D eigenvalue weighted by atomic mass is 10.2. The van der Waals surface area contributed by atoms with E-state index in [1.165, 1.54) is 5.56 Å². The van der Waals surface area contributed by atoms with Crippen LogP contribution in [0.2, 0.25) is 0 Å². The summed E-state index contributed by atoms with van der Waals surface area (Å²) in [5.74, 6) is 0. The van der Waals surface area contributed by atoms with E-state index in [2.05, 4.69) is 15.9 Å². The van der Waals surface area contributed by atoms with Gasteiger partial charge in [-0.15, -0.1) is 0 Å². The van der Waals surface area contributed by atoms with Crippen LogP contribution in [0.5, 0.6) is 0 Å². The molecule has 0 aliphatic carbocycles. The lowest BCUT2D eigenvalue weighted by Gasteiger charge is -2.16. The number of hydrogen-bond acceptors (Lipinski definition) is 1. The highest BCUT2D eigenvalue weighted by Gasteiger charge is 2.00. The lowest BCUT2D eigenvalue weighted by molar-refractivity contribution is 0.504. The zero-order valence-electron chi connectivity index (χ0n) is 7.33. The molecule has 0 unspecified atom stereocenters. The fourth-order valence-corrected chi connectivity index (χ4v) is 1.27. The Labute approximate surface area is 91.9 Å².